The molecule has 3 aromatic rings. The zero-order valence-electron chi connectivity index (χ0n) is 12.2. The van der Waals surface area contributed by atoms with E-state index in [1.165, 1.54) is 6.07 Å². The molecule has 5 nitrogen and oxygen atoms in total. The van der Waals surface area contributed by atoms with Gasteiger partial charge in [-0.2, -0.15) is 0 Å². The number of thiocarbonyl (C=S) groups is 1. The van der Waals surface area contributed by atoms with Crippen LogP contribution in [0.1, 0.15) is 10.4 Å². The van der Waals surface area contributed by atoms with Gasteiger partial charge >= 0.3 is 5.63 Å². The van der Waals surface area contributed by atoms with Gasteiger partial charge in [0.15, 0.2) is 5.11 Å². The Morgan fingerprint density at radius 1 is 1.08 bits per heavy atom. The Hall–Kier alpha value is -2.26. The molecule has 2 aromatic carbocycles. The van der Waals surface area contributed by atoms with E-state index in [1.807, 2.05) is 12.1 Å². The number of benzene rings is 2. The molecule has 0 radical (unpaired) electrons. The molecule has 3 rings (SSSR count). The lowest BCUT2D eigenvalue weighted by Gasteiger charge is -2.10. The van der Waals surface area contributed by atoms with Crippen molar-refractivity contribution in [3.8, 4) is 0 Å². The van der Waals surface area contributed by atoms with E-state index in [9.17, 15) is 9.59 Å². The molecule has 1 heterocycles. The molecular weight excluding hydrogens is 439 g/mol. The third-order valence-corrected chi connectivity index (χ3v) is 4.37. The number of fused-ring (bicyclic) bond motifs is 1. The van der Waals surface area contributed by atoms with Gasteiger partial charge in [0.05, 0.1) is 5.56 Å². The Morgan fingerprint density at radius 3 is 2.67 bits per heavy atom. The molecule has 0 aliphatic heterocycles. The minimum atomic E-state index is -0.400. The van der Waals surface area contributed by atoms with Crippen LogP contribution in [0.2, 0.25) is 0 Å². The third-order valence-electron chi connectivity index (χ3n) is 3.22. The fraction of sp³-hybridized carbons (Fsp3) is 0. The second-order valence-electron chi connectivity index (χ2n) is 4.90. The zero-order valence-corrected chi connectivity index (χ0v) is 15.2. The van der Waals surface area contributed by atoms with Crippen LogP contribution in [0.15, 0.2) is 63.8 Å². The molecule has 0 saturated carbocycles. The van der Waals surface area contributed by atoms with E-state index in [0.29, 0.717) is 16.8 Å². The van der Waals surface area contributed by atoms with Crippen LogP contribution in [0.25, 0.3) is 11.0 Å². The number of hydrogen-bond donors (Lipinski definition) is 2. The molecule has 24 heavy (non-hydrogen) atoms. The van der Waals surface area contributed by atoms with Gasteiger partial charge in [0.2, 0.25) is 0 Å². The highest BCUT2D eigenvalue weighted by Gasteiger charge is 2.11. The van der Waals surface area contributed by atoms with Crippen LogP contribution in [0.4, 0.5) is 5.69 Å². The first-order valence-corrected chi connectivity index (χ1v) is 8.42. The molecule has 2 N–H and O–H groups in total. The monoisotopic (exact) mass is 450 g/mol. The highest BCUT2D eigenvalue weighted by molar-refractivity contribution is 14.1. The minimum absolute atomic E-state index is 0.191. The Labute approximate surface area is 156 Å². The van der Waals surface area contributed by atoms with Gasteiger partial charge in [-0.25, -0.2) is 4.79 Å². The minimum Gasteiger partial charge on any atom is -0.423 e. The van der Waals surface area contributed by atoms with Crippen LogP contribution < -0.4 is 16.3 Å². The summed E-state index contributed by atoms with van der Waals surface area (Å²) < 4.78 is 5.91. The molecule has 120 valence electrons. The lowest BCUT2D eigenvalue weighted by Crippen LogP contribution is -2.34. The number of anilines is 1. The number of halogens is 1. The van der Waals surface area contributed by atoms with E-state index in [-0.39, 0.29) is 11.0 Å². The molecule has 0 spiro atoms. The first-order valence-electron chi connectivity index (χ1n) is 6.94. The Bertz CT molecular complexity index is 1000. The summed E-state index contributed by atoms with van der Waals surface area (Å²) in [5, 5.41) is 6.54. The fourth-order valence-corrected chi connectivity index (χ4v) is 2.97. The smallest absolute Gasteiger partial charge is 0.336 e. The van der Waals surface area contributed by atoms with Gasteiger partial charge < -0.3 is 9.73 Å². The van der Waals surface area contributed by atoms with Crippen LogP contribution >= 0.6 is 34.8 Å². The van der Waals surface area contributed by atoms with Gasteiger partial charge in [-0.05, 0) is 71.2 Å². The van der Waals surface area contributed by atoms with Gasteiger partial charge in [0.1, 0.15) is 5.58 Å². The summed E-state index contributed by atoms with van der Waals surface area (Å²) in [5.74, 6) is -0.274. The van der Waals surface area contributed by atoms with Crippen molar-refractivity contribution < 1.29 is 9.21 Å². The Kier molecular flexibility index (Phi) is 4.91. The number of carbonyl (C=O) groups is 1. The largest absolute Gasteiger partial charge is 0.423 e. The third kappa shape index (κ3) is 3.80. The van der Waals surface area contributed by atoms with Crippen LogP contribution in [0, 0.1) is 3.57 Å². The number of carbonyl (C=O) groups excluding carboxylic acids is 1. The van der Waals surface area contributed by atoms with E-state index in [2.05, 4.69) is 33.2 Å². The molecule has 1 aromatic heterocycles. The summed E-state index contributed by atoms with van der Waals surface area (Å²) in [6, 6.07) is 15.4. The molecule has 0 aliphatic carbocycles. The van der Waals surface area contributed by atoms with Crippen molar-refractivity contribution >= 4 is 62.5 Å². The molecule has 0 atom stereocenters. The normalized spacial score (nSPS) is 10.4. The maximum Gasteiger partial charge on any atom is 0.336 e. The van der Waals surface area contributed by atoms with Crippen molar-refractivity contribution in [1.29, 1.82) is 0 Å². The topological polar surface area (TPSA) is 71.3 Å². The van der Waals surface area contributed by atoms with Gasteiger partial charge in [-0.1, -0.05) is 12.1 Å². The number of nitrogens with one attached hydrogen (secondary N) is 2. The highest BCUT2D eigenvalue weighted by atomic mass is 127. The quantitative estimate of drug-likeness (QED) is 0.355. The van der Waals surface area contributed by atoms with Crippen molar-refractivity contribution in [3.05, 3.63) is 74.2 Å². The molecule has 0 unspecified atom stereocenters. The van der Waals surface area contributed by atoms with Crippen molar-refractivity contribution in [2.45, 2.75) is 0 Å². The Morgan fingerprint density at radius 2 is 1.88 bits per heavy atom. The van der Waals surface area contributed by atoms with Gasteiger partial charge in [-0.3, -0.25) is 10.1 Å². The second-order valence-corrected chi connectivity index (χ2v) is 6.47. The molecule has 0 bridgehead atoms. The van der Waals surface area contributed by atoms with Gasteiger partial charge in [0, 0.05) is 20.7 Å². The van der Waals surface area contributed by atoms with E-state index < -0.39 is 5.63 Å². The van der Waals surface area contributed by atoms with Crippen molar-refractivity contribution in [2.75, 3.05) is 5.32 Å². The SMILES string of the molecule is O=C(NC(=S)Nc1ccc2oc(=O)ccc2c1)c1ccccc1I. The average Bonchev–Trinajstić information content (AvgIpc) is 2.55. The predicted octanol–water partition coefficient (Wildman–Crippen LogP) is 3.52. The highest BCUT2D eigenvalue weighted by Crippen LogP contribution is 2.17. The van der Waals surface area contributed by atoms with Crippen molar-refractivity contribution in [3.63, 3.8) is 0 Å². The summed E-state index contributed by atoms with van der Waals surface area (Å²) >= 11 is 7.28. The van der Waals surface area contributed by atoms with Crippen molar-refractivity contribution in [2.24, 2.45) is 0 Å². The fourth-order valence-electron chi connectivity index (χ4n) is 2.13. The first-order chi connectivity index (χ1) is 11.5. The van der Waals surface area contributed by atoms with E-state index in [1.54, 1.807) is 36.4 Å². The van der Waals surface area contributed by atoms with E-state index in [0.717, 1.165) is 8.96 Å². The standard InChI is InChI=1S/C17H11IN2O3S/c18-13-4-2-1-3-12(13)16(22)20-17(24)19-11-6-7-14-10(9-11)5-8-15(21)23-14/h1-9H,(H2,19,20,22,24). The first kappa shape index (κ1) is 16.6. The maximum absolute atomic E-state index is 12.2. The summed E-state index contributed by atoms with van der Waals surface area (Å²) in [5.41, 5.74) is 1.33. The van der Waals surface area contributed by atoms with Crippen LogP contribution in [-0.2, 0) is 0 Å². The summed E-state index contributed by atoms with van der Waals surface area (Å²) in [6.07, 6.45) is 0. The molecular formula is C17H11IN2O3S. The summed E-state index contributed by atoms with van der Waals surface area (Å²) in [7, 11) is 0. The second kappa shape index (κ2) is 7.10. The molecule has 1 amide bonds. The predicted molar refractivity (Wildman–Crippen MR) is 105 cm³/mol. The maximum atomic E-state index is 12.2. The van der Waals surface area contributed by atoms with E-state index in [4.69, 9.17) is 16.6 Å². The average molecular weight is 450 g/mol. The number of rotatable bonds is 2. The number of hydrogen-bond acceptors (Lipinski definition) is 4. The summed E-state index contributed by atoms with van der Waals surface area (Å²) in [4.78, 5) is 23.4. The molecule has 0 fully saturated rings. The Balaban J connectivity index is 1.73. The van der Waals surface area contributed by atoms with Crippen LogP contribution in [-0.4, -0.2) is 11.0 Å². The molecule has 0 saturated heterocycles. The van der Waals surface area contributed by atoms with E-state index >= 15 is 0 Å². The lowest BCUT2D eigenvalue weighted by molar-refractivity contribution is 0.0977. The molecule has 7 heteroatoms. The summed E-state index contributed by atoms with van der Waals surface area (Å²) in [6.45, 7) is 0. The lowest BCUT2D eigenvalue weighted by atomic mass is 10.2. The van der Waals surface area contributed by atoms with Crippen molar-refractivity contribution in [1.82, 2.24) is 5.32 Å². The number of amides is 1. The van der Waals surface area contributed by atoms with Gasteiger partial charge in [0.25, 0.3) is 5.91 Å². The van der Waals surface area contributed by atoms with Crippen LogP contribution in [0.3, 0.4) is 0 Å². The van der Waals surface area contributed by atoms with Gasteiger partial charge in [-0.15, -0.1) is 0 Å². The zero-order chi connectivity index (χ0) is 17.1. The molecule has 0 aliphatic rings. The van der Waals surface area contributed by atoms with Crippen LogP contribution in [0.5, 0.6) is 0 Å².